The number of amides is 5. The molecule has 1 fully saturated rings. The third-order valence-corrected chi connectivity index (χ3v) is 4.72. The Morgan fingerprint density at radius 1 is 1.03 bits per heavy atom. The van der Waals surface area contributed by atoms with E-state index in [1.807, 2.05) is 0 Å². The van der Waals surface area contributed by atoms with E-state index in [2.05, 4.69) is 16.0 Å². The summed E-state index contributed by atoms with van der Waals surface area (Å²) in [4.78, 5) is 59.7. The molecule has 0 radical (unpaired) electrons. The summed E-state index contributed by atoms with van der Waals surface area (Å²) in [6, 6.07) is 10.8. The number of carbonyl (C=O) groups excluding carboxylic acids is 4. The minimum Gasteiger partial charge on any atom is -0.326 e. The molecule has 0 aliphatic carbocycles. The van der Waals surface area contributed by atoms with Crippen LogP contribution in [0.5, 0.6) is 0 Å². The standard InChI is InChI=1S/C20H19N5O6/c1-12(26)21-14-5-7-15(8-6-14)22-17(27)11-24-18(28)20(2,23-19(24)29)13-3-9-16(10-4-13)25(30)31/h3-10H,11H2,1-2H3,(H,21,26)(H,22,27)(H,23,29). The van der Waals surface area contributed by atoms with Gasteiger partial charge >= 0.3 is 6.03 Å². The molecule has 1 unspecified atom stereocenters. The van der Waals surface area contributed by atoms with Gasteiger partial charge in [0, 0.05) is 30.4 Å². The van der Waals surface area contributed by atoms with E-state index >= 15 is 0 Å². The largest absolute Gasteiger partial charge is 0.326 e. The molecular formula is C20H19N5O6. The van der Waals surface area contributed by atoms with E-state index in [9.17, 15) is 29.3 Å². The van der Waals surface area contributed by atoms with Crippen LogP contribution in [-0.2, 0) is 19.9 Å². The summed E-state index contributed by atoms with van der Waals surface area (Å²) < 4.78 is 0. The molecule has 0 aromatic heterocycles. The minimum absolute atomic E-state index is 0.148. The molecule has 3 rings (SSSR count). The van der Waals surface area contributed by atoms with Crippen molar-refractivity contribution in [1.29, 1.82) is 0 Å². The van der Waals surface area contributed by atoms with Crippen molar-refractivity contribution in [3.8, 4) is 0 Å². The van der Waals surface area contributed by atoms with E-state index in [1.54, 1.807) is 24.3 Å². The van der Waals surface area contributed by atoms with Crippen molar-refractivity contribution < 1.29 is 24.1 Å². The van der Waals surface area contributed by atoms with Crippen molar-refractivity contribution in [2.45, 2.75) is 19.4 Å². The molecule has 11 nitrogen and oxygen atoms in total. The first kappa shape index (κ1) is 21.4. The Labute approximate surface area is 176 Å². The molecule has 31 heavy (non-hydrogen) atoms. The first-order chi connectivity index (χ1) is 14.6. The van der Waals surface area contributed by atoms with Crippen molar-refractivity contribution in [2.75, 3.05) is 17.2 Å². The SMILES string of the molecule is CC(=O)Nc1ccc(NC(=O)CN2C(=O)NC(C)(c3ccc([N+](=O)[O-])cc3)C2=O)cc1. The maximum absolute atomic E-state index is 12.9. The molecule has 2 aromatic rings. The monoisotopic (exact) mass is 425 g/mol. The van der Waals surface area contributed by atoms with Crippen LogP contribution in [0.15, 0.2) is 48.5 Å². The summed E-state index contributed by atoms with van der Waals surface area (Å²) in [6.07, 6.45) is 0. The highest BCUT2D eigenvalue weighted by atomic mass is 16.6. The number of nitro groups is 1. The molecule has 1 heterocycles. The average Bonchev–Trinajstić information content (AvgIpc) is 2.93. The van der Waals surface area contributed by atoms with Crippen LogP contribution in [-0.4, -0.2) is 40.1 Å². The summed E-state index contributed by atoms with van der Waals surface area (Å²) in [5, 5.41) is 18.5. The van der Waals surface area contributed by atoms with Crippen LogP contribution in [0.1, 0.15) is 19.4 Å². The maximum Gasteiger partial charge on any atom is 0.325 e. The van der Waals surface area contributed by atoms with Gasteiger partial charge in [0.15, 0.2) is 0 Å². The van der Waals surface area contributed by atoms with Gasteiger partial charge in [-0.3, -0.25) is 29.4 Å². The topological polar surface area (TPSA) is 151 Å². The Kier molecular flexibility index (Phi) is 5.68. The number of carbonyl (C=O) groups is 4. The van der Waals surface area contributed by atoms with Gasteiger partial charge < -0.3 is 16.0 Å². The molecule has 2 aromatic carbocycles. The third-order valence-electron chi connectivity index (χ3n) is 4.72. The number of hydrogen-bond acceptors (Lipinski definition) is 6. The Morgan fingerprint density at radius 2 is 1.58 bits per heavy atom. The number of non-ortho nitro benzene ring substituents is 1. The molecule has 0 saturated carbocycles. The highest BCUT2D eigenvalue weighted by molar-refractivity contribution is 6.10. The van der Waals surface area contributed by atoms with Gasteiger partial charge in [0.05, 0.1) is 4.92 Å². The Bertz CT molecular complexity index is 1070. The number of benzene rings is 2. The predicted octanol–water partition coefficient (Wildman–Crippen LogP) is 1.96. The summed E-state index contributed by atoms with van der Waals surface area (Å²) in [6.45, 7) is 2.33. The zero-order valence-corrected chi connectivity index (χ0v) is 16.7. The van der Waals surface area contributed by atoms with Crippen LogP contribution >= 0.6 is 0 Å². The molecule has 11 heteroatoms. The van der Waals surface area contributed by atoms with Crippen molar-refractivity contribution >= 4 is 40.8 Å². The molecule has 5 amide bonds. The second kappa shape index (κ2) is 8.22. The summed E-state index contributed by atoms with van der Waals surface area (Å²) in [7, 11) is 0. The summed E-state index contributed by atoms with van der Waals surface area (Å²) >= 11 is 0. The maximum atomic E-state index is 12.9. The van der Waals surface area contributed by atoms with E-state index < -0.39 is 34.9 Å². The smallest absolute Gasteiger partial charge is 0.325 e. The van der Waals surface area contributed by atoms with Crippen molar-refractivity contribution in [3.63, 3.8) is 0 Å². The normalized spacial score (nSPS) is 17.8. The number of imide groups is 1. The number of nitrogens with zero attached hydrogens (tertiary/aromatic N) is 2. The van der Waals surface area contributed by atoms with E-state index in [4.69, 9.17) is 0 Å². The first-order valence-corrected chi connectivity index (χ1v) is 9.16. The molecular weight excluding hydrogens is 406 g/mol. The summed E-state index contributed by atoms with van der Waals surface area (Å²) in [5.74, 6) is -1.47. The van der Waals surface area contributed by atoms with Gasteiger partial charge in [-0.05, 0) is 48.9 Å². The molecule has 160 valence electrons. The molecule has 1 aliphatic rings. The van der Waals surface area contributed by atoms with Crippen LogP contribution in [0.25, 0.3) is 0 Å². The lowest BCUT2D eigenvalue weighted by Gasteiger charge is -2.22. The predicted molar refractivity (Wildman–Crippen MR) is 110 cm³/mol. The zero-order valence-electron chi connectivity index (χ0n) is 16.7. The van der Waals surface area contributed by atoms with Gasteiger partial charge in [-0.2, -0.15) is 0 Å². The fraction of sp³-hybridized carbons (Fsp3) is 0.200. The van der Waals surface area contributed by atoms with Gasteiger partial charge in [-0.15, -0.1) is 0 Å². The van der Waals surface area contributed by atoms with Crippen molar-refractivity contribution in [1.82, 2.24) is 10.2 Å². The van der Waals surface area contributed by atoms with Gasteiger partial charge in [0.2, 0.25) is 11.8 Å². The molecule has 1 atom stereocenters. The Balaban J connectivity index is 1.68. The minimum atomic E-state index is -1.45. The fourth-order valence-corrected chi connectivity index (χ4v) is 3.14. The number of nitrogens with one attached hydrogen (secondary N) is 3. The van der Waals surface area contributed by atoms with E-state index in [-0.39, 0.29) is 11.6 Å². The zero-order chi connectivity index (χ0) is 22.8. The van der Waals surface area contributed by atoms with Gasteiger partial charge in [-0.1, -0.05) is 0 Å². The van der Waals surface area contributed by atoms with Crippen molar-refractivity contribution in [3.05, 3.63) is 64.2 Å². The van der Waals surface area contributed by atoms with Crippen molar-refractivity contribution in [2.24, 2.45) is 0 Å². The number of urea groups is 1. The van der Waals surface area contributed by atoms with Crippen LogP contribution in [0.4, 0.5) is 21.9 Å². The van der Waals surface area contributed by atoms with E-state index in [0.29, 0.717) is 16.9 Å². The van der Waals surface area contributed by atoms with Gasteiger partial charge in [0.25, 0.3) is 11.6 Å². The van der Waals surface area contributed by atoms with Crippen LogP contribution in [0, 0.1) is 10.1 Å². The van der Waals surface area contributed by atoms with Crippen LogP contribution < -0.4 is 16.0 Å². The van der Waals surface area contributed by atoms with Crippen LogP contribution in [0.3, 0.4) is 0 Å². The number of rotatable bonds is 6. The third kappa shape index (κ3) is 4.50. The lowest BCUT2D eigenvalue weighted by atomic mass is 9.92. The highest BCUT2D eigenvalue weighted by Crippen LogP contribution is 2.30. The van der Waals surface area contributed by atoms with Crippen LogP contribution in [0.2, 0.25) is 0 Å². The van der Waals surface area contributed by atoms with E-state index in [0.717, 1.165) is 4.90 Å². The Hall–Kier alpha value is -4.28. The fourth-order valence-electron chi connectivity index (χ4n) is 3.14. The second-order valence-corrected chi connectivity index (χ2v) is 7.06. The lowest BCUT2D eigenvalue weighted by molar-refractivity contribution is -0.384. The Morgan fingerprint density at radius 3 is 2.10 bits per heavy atom. The first-order valence-electron chi connectivity index (χ1n) is 9.16. The van der Waals surface area contributed by atoms with E-state index in [1.165, 1.54) is 38.1 Å². The van der Waals surface area contributed by atoms with Gasteiger partial charge in [-0.25, -0.2) is 4.79 Å². The lowest BCUT2D eigenvalue weighted by Crippen LogP contribution is -2.42. The quantitative estimate of drug-likeness (QED) is 0.366. The number of hydrogen-bond donors (Lipinski definition) is 3. The molecule has 0 bridgehead atoms. The van der Waals surface area contributed by atoms with Gasteiger partial charge in [0.1, 0.15) is 12.1 Å². The molecule has 3 N–H and O–H groups in total. The highest BCUT2D eigenvalue weighted by Gasteiger charge is 2.49. The molecule has 1 saturated heterocycles. The molecule has 1 aliphatic heterocycles. The second-order valence-electron chi connectivity index (χ2n) is 7.06. The number of nitro benzene ring substituents is 1. The average molecular weight is 425 g/mol. The number of anilines is 2. The summed E-state index contributed by atoms with van der Waals surface area (Å²) in [5.41, 5.74) is -0.271. The molecule has 0 spiro atoms.